The number of hydrogen-bond acceptors (Lipinski definition) is 1. The van der Waals surface area contributed by atoms with E-state index < -0.39 is 0 Å². The van der Waals surface area contributed by atoms with Crippen LogP contribution < -0.4 is 0 Å². The monoisotopic (exact) mass is 696 g/mol. The van der Waals surface area contributed by atoms with Gasteiger partial charge in [-0.1, -0.05) is 176 Å². The van der Waals surface area contributed by atoms with Gasteiger partial charge in [0.2, 0.25) is 0 Å². The quantitative estimate of drug-likeness (QED) is 0.168. The number of furan rings is 1. The molecule has 0 amide bonds. The van der Waals surface area contributed by atoms with E-state index in [0.717, 1.165) is 21.9 Å². The fourth-order valence-corrected chi connectivity index (χ4v) is 9.53. The average Bonchev–Trinajstić information content (AvgIpc) is 3.64. The minimum atomic E-state index is 0.902. The fourth-order valence-electron chi connectivity index (χ4n) is 9.53. The molecule has 55 heavy (non-hydrogen) atoms. The molecule has 0 saturated heterocycles. The van der Waals surface area contributed by atoms with Gasteiger partial charge in [0, 0.05) is 10.8 Å². The normalized spacial score (nSPS) is 12.0. The van der Waals surface area contributed by atoms with Crippen LogP contribution in [-0.4, -0.2) is 0 Å². The molecule has 10 aromatic carbocycles. The second kappa shape index (κ2) is 11.6. The molecule has 2 bridgehead atoms. The Morgan fingerprint density at radius 3 is 1.47 bits per heavy atom. The van der Waals surface area contributed by atoms with E-state index in [2.05, 4.69) is 194 Å². The Bertz CT molecular complexity index is 3350. The van der Waals surface area contributed by atoms with Gasteiger partial charge < -0.3 is 4.42 Å². The summed E-state index contributed by atoms with van der Waals surface area (Å²) in [6.45, 7) is 0. The van der Waals surface area contributed by atoms with Crippen molar-refractivity contribution in [2.45, 2.75) is 0 Å². The van der Waals surface area contributed by atoms with E-state index in [4.69, 9.17) is 4.42 Å². The summed E-state index contributed by atoms with van der Waals surface area (Å²) in [6, 6.07) is 71.3. The van der Waals surface area contributed by atoms with E-state index in [1.807, 2.05) is 0 Å². The lowest BCUT2D eigenvalue weighted by atomic mass is 9.80. The first-order valence-electron chi connectivity index (χ1n) is 19.0. The Morgan fingerprint density at radius 2 is 0.745 bits per heavy atom. The van der Waals surface area contributed by atoms with Crippen LogP contribution in [0.2, 0.25) is 0 Å². The lowest BCUT2D eigenvalue weighted by Crippen LogP contribution is -1.95. The summed E-state index contributed by atoms with van der Waals surface area (Å²) in [5.74, 6) is 0. The highest BCUT2D eigenvalue weighted by atomic mass is 16.3. The third-order valence-corrected chi connectivity index (χ3v) is 11.8. The fraction of sp³-hybridized carbons (Fsp3) is 0. The third-order valence-electron chi connectivity index (χ3n) is 11.8. The van der Waals surface area contributed by atoms with Crippen molar-refractivity contribution in [2.24, 2.45) is 0 Å². The number of fused-ring (bicyclic) bond motifs is 4. The third kappa shape index (κ3) is 4.35. The zero-order valence-electron chi connectivity index (χ0n) is 29.9. The summed E-state index contributed by atoms with van der Waals surface area (Å²) in [7, 11) is 0. The average molecular weight is 697 g/mol. The van der Waals surface area contributed by atoms with Gasteiger partial charge in [-0.3, -0.25) is 0 Å². The standard InChI is InChI=1S/C54H32O/c1-3-14-33(15-4-1)36-30-31-44(39-19-8-7-18-38(36)39)50-42-20-9-10-21-43(42)52-46-25-13-27-49-54(46)53-37(22-12-26-48(53)55-49)35-28-29-40(41-23-11-24-45(50)51(41)52)47(32-35)34-16-5-2-6-17-34/h1-32H. The van der Waals surface area contributed by atoms with Crippen molar-refractivity contribution in [1.82, 2.24) is 0 Å². The molecule has 0 unspecified atom stereocenters. The molecule has 0 spiro atoms. The predicted molar refractivity (Wildman–Crippen MR) is 232 cm³/mol. The van der Waals surface area contributed by atoms with Crippen LogP contribution in [0.1, 0.15) is 0 Å². The van der Waals surface area contributed by atoms with E-state index >= 15 is 0 Å². The van der Waals surface area contributed by atoms with Gasteiger partial charge in [-0.2, -0.15) is 0 Å². The second-order valence-electron chi connectivity index (χ2n) is 14.7. The molecular weight excluding hydrogens is 665 g/mol. The zero-order chi connectivity index (χ0) is 36.0. The van der Waals surface area contributed by atoms with Gasteiger partial charge in [0.05, 0.1) is 0 Å². The summed E-state index contributed by atoms with van der Waals surface area (Å²) in [5, 5.41) is 9.75. The number of hydrogen-bond donors (Lipinski definition) is 0. The van der Waals surface area contributed by atoms with Crippen LogP contribution in [0.3, 0.4) is 0 Å². The first-order chi connectivity index (χ1) is 27.3. The van der Waals surface area contributed by atoms with Gasteiger partial charge >= 0.3 is 0 Å². The van der Waals surface area contributed by atoms with Gasteiger partial charge in [0.15, 0.2) is 0 Å². The minimum absolute atomic E-state index is 0.902. The molecule has 0 fully saturated rings. The second-order valence-corrected chi connectivity index (χ2v) is 14.7. The first kappa shape index (κ1) is 30.3. The maximum absolute atomic E-state index is 6.72. The smallest absolute Gasteiger partial charge is 0.136 e. The molecule has 0 atom stereocenters. The topological polar surface area (TPSA) is 13.1 Å². The molecule has 0 radical (unpaired) electrons. The van der Waals surface area contributed by atoms with Gasteiger partial charge in [0.25, 0.3) is 0 Å². The van der Waals surface area contributed by atoms with Crippen LogP contribution in [0.25, 0.3) is 121 Å². The molecule has 11 aromatic rings. The Morgan fingerprint density at radius 1 is 0.236 bits per heavy atom. The van der Waals surface area contributed by atoms with Crippen LogP contribution in [-0.2, 0) is 0 Å². The molecule has 0 saturated carbocycles. The summed E-state index contributed by atoms with van der Waals surface area (Å²) in [4.78, 5) is 0. The lowest BCUT2D eigenvalue weighted by molar-refractivity contribution is 0.669. The van der Waals surface area contributed by atoms with Crippen molar-refractivity contribution in [3.05, 3.63) is 194 Å². The highest BCUT2D eigenvalue weighted by Crippen LogP contribution is 2.53. The van der Waals surface area contributed by atoms with Crippen LogP contribution in [0.15, 0.2) is 199 Å². The Balaban J connectivity index is 1.31. The number of rotatable bonds is 3. The SMILES string of the molecule is c1ccc(-c2cc3ccc2-c2cccc4c(-c5ccc(-c6ccccc6)c6ccccc56)c5ccccc5c(c24)-c2cccc4oc5cccc-3c5c24)cc1. The molecule has 0 N–H and O–H groups in total. The Kier molecular flexibility index (Phi) is 6.40. The van der Waals surface area contributed by atoms with Crippen molar-refractivity contribution >= 4 is 54.3 Å². The first-order valence-corrected chi connectivity index (χ1v) is 19.0. The van der Waals surface area contributed by atoms with Crippen molar-refractivity contribution in [3.63, 3.8) is 0 Å². The molecule has 2 aliphatic carbocycles. The molecule has 1 nitrogen and oxygen atoms in total. The van der Waals surface area contributed by atoms with Gasteiger partial charge in [0.1, 0.15) is 11.2 Å². The summed E-state index contributed by atoms with van der Waals surface area (Å²) in [5.41, 5.74) is 16.4. The van der Waals surface area contributed by atoms with Crippen LogP contribution in [0, 0.1) is 0 Å². The molecule has 2 aliphatic rings. The van der Waals surface area contributed by atoms with Crippen molar-refractivity contribution in [3.8, 4) is 66.8 Å². The molecular formula is C54H32O. The number of benzene rings is 10. The van der Waals surface area contributed by atoms with Gasteiger partial charge in [-0.15, -0.1) is 0 Å². The molecule has 1 aromatic heterocycles. The highest BCUT2D eigenvalue weighted by Gasteiger charge is 2.26. The van der Waals surface area contributed by atoms with E-state index in [9.17, 15) is 0 Å². The van der Waals surface area contributed by atoms with Crippen LogP contribution >= 0.6 is 0 Å². The summed E-state index contributed by atoms with van der Waals surface area (Å²) < 4.78 is 6.72. The van der Waals surface area contributed by atoms with E-state index in [1.165, 1.54) is 99.1 Å². The Hall–Kier alpha value is -7.22. The predicted octanol–water partition coefficient (Wildman–Crippen LogP) is 15.4. The van der Waals surface area contributed by atoms with E-state index in [1.54, 1.807) is 0 Å². The van der Waals surface area contributed by atoms with E-state index in [-0.39, 0.29) is 0 Å². The maximum atomic E-state index is 6.72. The van der Waals surface area contributed by atoms with E-state index in [0.29, 0.717) is 0 Å². The van der Waals surface area contributed by atoms with Gasteiger partial charge in [-0.05, 0) is 117 Å². The zero-order valence-corrected chi connectivity index (χ0v) is 29.9. The molecule has 1 heterocycles. The maximum Gasteiger partial charge on any atom is 0.136 e. The Labute approximate surface area is 318 Å². The molecule has 1 heteroatoms. The van der Waals surface area contributed by atoms with Crippen molar-refractivity contribution in [2.75, 3.05) is 0 Å². The highest BCUT2D eigenvalue weighted by molar-refractivity contribution is 6.31. The largest absolute Gasteiger partial charge is 0.456 e. The van der Waals surface area contributed by atoms with Crippen LogP contribution in [0.5, 0.6) is 0 Å². The lowest BCUT2D eigenvalue weighted by Gasteiger charge is -2.22. The van der Waals surface area contributed by atoms with Gasteiger partial charge in [-0.25, -0.2) is 0 Å². The molecule has 0 aliphatic heterocycles. The van der Waals surface area contributed by atoms with Crippen molar-refractivity contribution in [1.29, 1.82) is 0 Å². The summed E-state index contributed by atoms with van der Waals surface area (Å²) in [6.07, 6.45) is 0. The minimum Gasteiger partial charge on any atom is -0.456 e. The van der Waals surface area contributed by atoms with Crippen molar-refractivity contribution < 1.29 is 4.42 Å². The van der Waals surface area contributed by atoms with Crippen LogP contribution in [0.4, 0.5) is 0 Å². The molecule has 13 rings (SSSR count). The summed E-state index contributed by atoms with van der Waals surface area (Å²) >= 11 is 0. The molecule has 254 valence electrons.